The van der Waals surface area contributed by atoms with E-state index in [9.17, 15) is 4.79 Å². The summed E-state index contributed by atoms with van der Waals surface area (Å²) in [5.41, 5.74) is 0.545. The van der Waals surface area contributed by atoms with Crippen molar-refractivity contribution in [3.05, 3.63) is 21.0 Å². The number of nitrogens with zero attached hydrogens (tertiary/aromatic N) is 2. The van der Waals surface area contributed by atoms with Gasteiger partial charge in [-0.2, -0.15) is 5.10 Å². The molecule has 0 saturated heterocycles. The van der Waals surface area contributed by atoms with Crippen LogP contribution in [0.25, 0.3) is 0 Å². The number of anilines is 1. The Balaban J connectivity index is 2.88. The van der Waals surface area contributed by atoms with E-state index >= 15 is 0 Å². The van der Waals surface area contributed by atoms with Crippen LogP contribution in [0.15, 0.2) is 15.5 Å². The van der Waals surface area contributed by atoms with Crippen LogP contribution < -0.4 is 10.9 Å². The number of terminal acetylenes is 1. The molecule has 0 aromatic carbocycles. The second-order valence-corrected chi connectivity index (χ2v) is 3.67. The fourth-order valence-electron chi connectivity index (χ4n) is 1.08. The Morgan fingerprint density at radius 2 is 2.47 bits per heavy atom. The van der Waals surface area contributed by atoms with Crippen LogP contribution in [0, 0.1) is 12.3 Å². The van der Waals surface area contributed by atoms with Crippen molar-refractivity contribution >= 4 is 21.6 Å². The number of hydrogen-bond acceptors (Lipinski definition) is 3. The second kappa shape index (κ2) is 5.56. The van der Waals surface area contributed by atoms with Gasteiger partial charge >= 0.3 is 0 Å². The van der Waals surface area contributed by atoms with Gasteiger partial charge in [-0.05, 0) is 22.9 Å². The maximum atomic E-state index is 11.6. The van der Waals surface area contributed by atoms with Crippen LogP contribution in [0.2, 0.25) is 0 Å². The number of hydrogen-bond donors (Lipinski definition) is 1. The molecule has 1 N–H and O–H groups in total. The fourth-order valence-corrected chi connectivity index (χ4v) is 1.53. The Morgan fingerprint density at radius 3 is 3.07 bits per heavy atom. The van der Waals surface area contributed by atoms with Gasteiger partial charge in [0.25, 0.3) is 5.56 Å². The maximum Gasteiger partial charge on any atom is 0.283 e. The van der Waals surface area contributed by atoms with E-state index in [2.05, 4.69) is 32.3 Å². The van der Waals surface area contributed by atoms with E-state index in [-0.39, 0.29) is 5.56 Å². The minimum absolute atomic E-state index is 0.136. The van der Waals surface area contributed by atoms with Gasteiger partial charge in [-0.15, -0.1) is 12.3 Å². The average molecular weight is 270 g/mol. The van der Waals surface area contributed by atoms with Crippen LogP contribution in [0.5, 0.6) is 0 Å². The van der Waals surface area contributed by atoms with Crippen molar-refractivity contribution in [1.82, 2.24) is 9.78 Å². The summed E-state index contributed by atoms with van der Waals surface area (Å²) >= 11 is 3.24. The molecule has 1 aromatic heterocycles. The van der Waals surface area contributed by atoms with E-state index in [0.717, 1.165) is 0 Å². The number of aryl methyl sites for hydroxylation is 1. The van der Waals surface area contributed by atoms with Crippen LogP contribution in [-0.4, -0.2) is 16.3 Å². The van der Waals surface area contributed by atoms with Gasteiger partial charge in [0.15, 0.2) is 0 Å². The molecule has 0 aliphatic carbocycles. The predicted molar refractivity (Wildman–Crippen MR) is 63.8 cm³/mol. The summed E-state index contributed by atoms with van der Waals surface area (Å²) in [6.07, 6.45) is 7.35. The standard InChI is InChI=1S/C10H12BrN3O/c1-3-5-6-12-8-7-13-14(4-2)10(15)9(8)11/h1,7,12H,4-6H2,2H3. The van der Waals surface area contributed by atoms with Gasteiger partial charge in [0.05, 0.1) is 11.9 Å². The van der Waals surface area contributed by atoms with Gasteiger partial charge < -0.3 is 5.32 Å². The molecular weight excluding hydrogens is 258 g/mol. The third-order valence-corrected chi connectivity index (χ3v) is 2.64. The molecule has 1 aromatic rings. The van der Waals surface area contributed by atoms with E-state index in [4.69, 9.17) is 6.42 Å². The molecule has 15 heavy (non-hydrogen) atoms. The highest BCUT2D eigenvalue weighted by Crippen LogP contribution is 2.15. The van der Waals surface area contributed by atoms with E-state index in [1.807, 2.05) is 6.92 Å². The van der Waals surface area contributed by atoms with Gasteiger partial charge in [-0.3, -0.25) is 4.79 Å². The Hall–Kier alpha value is -1.28. The molecule has 0 radical (unpaired) electrons. The maximum absolute atomic E-state index is 11.6. The molecule has 0 amide bonds. The first-order valence-electron chi connectivity index (χ1n) is 4.63. The highest BCUT2D eigenvalue weighted by Gasteiger charge is 2.06. The number of halogens is 1. The second-order valence-electron chi connectivity index (χ2n) is 2.87. The summed E-state index contributed by atoms with van der Waals surface area (Å²) < 4.78 is 1.88. The van der Waals surface area contributed by atoms with Crippen LogP contribution in [0.3, 0.4) is 0 Å². The van der Waals surface area contributed by atoms with Crippen molar-refractivity contribution < 1.29 is 0 Å². The zero-order valence-corrected chi connectivity index (χ0v) is 10.0. The van der Waals surface area contributed by atoms with E-state index in [0.29, 0.717) is 29.7 Å². The van der Waals surface area contributed by atoms with Crippen molar-refractivity contribution in [1.29, 1.82) is 0 Å². The zero-order chi connectivity index (χ0) is 11.3. The lowest BCUT2D eigenvalue weighted by Gasteiger charge is -2.07. The van der Waals surface area contributed by atoms with E-state index in [1.165, 1.54) is 4.68 Å². The normalized spacial score (nSPS) is 9.67. The molecule has 1 heterocycles. The monoisotopic (exact) mass is 269 g/mol. The lowest BCUT2D eigenvalue weighted by atomic mass is 10.4. The van der Waals surface area contributed by atoms with Gasteiger partial charge in [0, 0.05) is 19.5 Å². The van der Waals surface area contributed by atoms with Crippen LogP contribution in [0.4, 0.5) is 5.69 Å². The lowest BCUT2D eigenvalue weighted by molar-refractivity contribution is 0.613. The third kappa shape index (κ3) is 2.83. The molecule has 0 fully saturated rings. The smallest absolute Gasteiger partial charge is 0.283 e. The molecule has 1 rings (SSSR count). The Labute approximate surface area is 96.8 Å². The number of rotatable bonds is 4. The topological polar surface area (TPSA) is 46.9 Å². The SMILES string of the molecule is C#CCCNc1cnn(CC)c(=O)c1Br. The van der Waals surface area contributed by atoms with Gasteiger partial charge in [0.2, 0.25) is 0 Å². The average Bonchev–Trinajstić information content (AvgIpc) is 2.25. The minimum atomic E-state index is -0.136. The molecule has 0 unspecified atom stereocenters. The van der Waals surface area contributed by atoms with Gasteiger partial charge in [-0.25, -0.2) is 4.68 Å². The summed E-state index contributed by atoms with van der Waals surface area (Å²) in [4.78, 5) is 11.6. The molecular formula is C10H12BrN3O. The summed E-state index contributed by atoms with van der Waals surface area (Å²) in [7, 11) is 0. The van der Waals surface area contributed by atoms with Crippen molar-refractivity contribution in [2.24, 2.45) is 0 Å². The van der Waals surface area contributed by atoms with E-state index in [1.54, 1.807) is 6.20 Å². The van der Waals surface area contributed by atoms with Crippen LogP contribution in [-0.2, 0) is 6.54 Å². The molecule has 0 atom stereocenters. The van der Waals surface area contributed by atoms with Gasteiger partial charge in [0.1, 0.15) is 4.47 Å². The van der Waals surface area contributed by atoms with Crippen LogP contribution in [0.1, 0.15) is 13.3 Å². The summed E-state index contributed by atoms with van der Waals surface area (Å²) in [6, 6.07) is 0. The zero-order valence-electron chi connectivity index (χ0n) is 8.46. The van der Waals surface area contributed by atoms with Crippen molar-refractivity contribution in [3.8, 4) is 12.3 Å². The summed E-state index contributed by atoms with van der Waals surface area (Å²) in [6.45, 7) is 3.06. The molecule has 80 valence electrons. The lowest BCUT2D eigenvalue weighted by Crippen LogP contribution is -2.23. The van der Waals surface area contributed by atoms with Crippen molar-refractivity contribution in [2.75, 3.05) is 11.9 Å². The van der Waals surface area contributed by atoms with Gasteiger partial charge in [-0.1, -0.05) is 0 Å². The first-order valence-corrected chi connectivity index (χ1v) is 5.43. The molecule has 0 spiro atoms. The summed E-state index contributed by atoms with van der Waals surface area (Å²) in [5.74, 6) is 2.51. The predicted octanol–water partition coefficient (Wildman–Crippen LogP) is 1.46. The Bertz CT molecular complexity index is 433. The molecule has 0 saturated carbocycles. The highest BCUT2D eigenvalue weighted by atomic mass is 79.9. The molecule has 0 aliphatic rings. The van der Waals surface area contributed by atoms with E-state index < -0.39 is 0 Å². The number of nitrogens with one attached hydrogen (secondary N) is 1. The highest BCUT2D eigenvalue weighted by molar-refractivity contribution is 9.10. The molecule has 5 heteroatoms. The molecule has 0 bridgehead atoms. The Kier molecular flexibility index (Phi) is 4.37. The van der Waals surface area contributed by atoms with Crippen molar-refractivity contribution in [2.45, 2.75) is 19.9 Å². The van der Waals surface area contributed by atoms with Crippen molar-refractivity contribution in [3.63, 3.8) is 0 Å². The molecule has 4 nitrogen and oxygen atoms in total. The summed E-state index contributed by atoms with van der Waals surface area (Å²) in [5, 5.41) is 7.04. The quantitative estimate of drug-likeness (QED) is 0.665. The van der Waals surface area contributed by atoms with Crippen LogP contribution >= 0.6 is 15.9 Å². The third-order valence-electron chi connectivity index (χ3n) is 1.87. The first-order chi connectivity index (χ1) is 7.20. The minimum Gasteiger partial charge on any atom is -0.382 e. The largest absolute Gasteiger partial charge is 0.382 e. The Morgan fingerprint density at radius 1 is 1.73 bits per heavy atom. The fraction of sp³-hybridized carbons (Fsp3) is 0.400. The first kappa shape index (κ1) is 11.8. The number of aromatic nitrogens is 2. The molecule has 0 aliphatic heterocycles.